The molecule has 2 aromatic rings. The average Bonchev–Trinajstić information content (AvgIpc) is 3.49. The summed E-state index contributed by atoms with van der Waals surface area (Å²) >= 11 is 0. The average molecular weight is 488 g/mol. The summed E-state index contributed by atoms with van der Waals surface area (Å²) in [5.41, 5.74) is 0.924. The molecule has 0 aliphatic carbocycles. The minimum absolute atomic E-state index is 0.958. The lowest BCUT2D eigenvalue weighted by Gasteiger charge is -2.08. The molecule has 0 spiro atoms. The minimum atomic E-state index is -6.09. The van der Waals surface area contributed by atoms with E-state index in [4.69, 9.17) is 18.0 Å². The molecule has 0 aromatic carbocycles. The first-order valence-corrected chi connectivity index (χ1v) is 11.4. The second kappa shape index (κ2) is 8.58. The van der Waals surface area contributed by atoms with Crippen LogP contribution in [0.3, 0.4) is 0 Å². The molecule has 8 bridgehead atoms. The molecule has 3 aliphatic heterocycles. The molecule has 3 aliphatic rings. The van der Waals surface area contributed by atoms with Gasteiger partial charge in [0, 0.05) is 53.9 Å². The first-order chi connectivity index (χ1) is 15.9. The first kappa shape index (κ1) is 23.5. The Hall–Kier alpha value is -3.70. The van der Waals surface area contributed by atoms with Gasteiger partial charge in [0.05, 0.1) is 11.4 Å². The zero-order valence-electron chi connectivity index (χ0n) is 18.0. The zero-order chi connectivity index (χ0) is 24.7. The maximum atomic E-state index is 10.7. The van der Waals surface area contributed by atoms with E-state index < -0.39 is 15.6 Å². The van der Waals surface area contributed by atoms with Crippen molar-refractivity contribution in [2.24, 2.45) is 12.0 Å². The van der Waals surface area contributed by atoms with Crippen molar-refractivity contribution in [2.45, 2.75) is 5.51 Å². The zero-order valence-corrected chi connectivity index (χ0v) is 18.9. The third-order valence-electron chi connectivity index (χ3n) is 5.18. The third kappa shape index (κ3) is 5.10. The fraction of sp³-hybridized carbons (Fsp3) is 0.130. The number of aliphatic imine (C=N–C) groups is 1. The van der Waals surface area contributed by atoms with Crippen LogP contribution in [0.4, 0.5) is 13.2 Å². The van der Waals surface area contributed by atoms with Crippen molar-refractivity contribution in [3.8, 4) is 0 Å². The molecule has 5 rings (SSSR count). The Labute approximate surface area is 193 Å². The Morgan fingerprint density at radius 3 is 2.38 bits per heavy atom. The Morgan fingerprint density at radius 1 is 1.03 bits per heavy atom. The Morgan fingerprint density at radius 2 is 1.71 bits per heavy atom. The molecule has 0 unspecified atom stereocenters. The quantitative estimate of drug-likeness (QED) is 0.349. The van der Waals surface area contributed by atoms with E-state index in [-0.39, 0.29) is 0 Å². The highest BCUT2D eigenvalue weighted by Gasteiger charge is 2.36. The molecule has 2 aromatic heterocycles. The lowest BCUT2D eigenvalue weighted by atomic mass is 10.2. The molecule has 5 heterocycles. The van der Waals surface area contributed by atoms with Crippen LogP contribution in [0.2, 0.25) is 0 Å². The molecule has 11 heteroatoms. The summed E-state index contributed by atoms with van der Waals surface area (Å²) in [4.78, 5) is 8.14. The Kier molecular flexibility index (Phi) is 5.92. The first-order valence-electron chi connectivity index (χ1n) is 9.95. The second-order valence-corrected chi connectivity index (χ2v) is 9.06. The van der Waals surface area contributed by atoms with Crippen LogP contribution in [-0.2, 0) is 17.2 Å². The monoisotopic (exact) mass is 488 g/mol. The summed E-state index contributed by atoms with van der Waals surface area (Å²) in [6.07, 6.45) is 19.1. The van der Waals surface area contributed by atoms with E-state index in [0.717, 1.165) is 33.5 Å². The summed E-state index contributed by atoms with van der Waals surface area (Å²) < 4.78 is 63.2. The van der Waals surface area contributed by atoms with Gasteiger partial charge in [-0.3, -0.25) is 0 Å². The van der Waals surface area contributed by atoms with Gasteiger partial charge in [0.25, 0.3) is 0 Å². The number of hydrogen-bond acceptors (Lipinski definition) is 4. The number of nitrogens with zero attached hydrogens (tertiary/aromatic N) is 3. The van der Waals surface area contributed by atoms with Crippen molar-refractivity contribution < 1.29 is 30.7 Å². The van der Waals surface area contributed by atoms with Gasteiger partial charge in [-0.05, 0) is 48.1 Å². The lowest BCUT2D eigenvalue weighted by molar-refractivity contribution is -0.431. The Balaban J connectivity index is 0.000000297. The smallest absolute Gasteiger partial charge is 0.485 e. The molecule has 0 radical (unpaired) electrons. The van der Waals surface area contributed by atoms with Crippen molar-refractivity contribution in [3.63, 3.8) is 0 Å². The van der Waals surface area contributed by atoms with Crippen molar-refractivity contribution in [3.05, 3.63) is 88.1 Å². The van der Waals surface area contributed by atoms with E-state index in [9.17, 15) is 13.2 Å². The van der Waals surface area contributed by atoms with E-state index in [2.05, 4.69) is 95.2 Å². The van der Waals surface area contributed by atoms with Gasteiger partial charge >= 0.3 is 5.51 Å². The SMILES string of the molecule is Cn1cc2cc1C=C1C=CC(=[N+]1C)C=C1C=CC(=N1)C=c1ccc([nH]1)=C2.O=S(=O)([O-])C(F)(F)F. The normalized spacial score (nSPS) is 16.8. The minimum Gasteiger partial charge on any atom is -0.741 e. The van der Waals surface area contributed by atoms with Crippen molar-refractivity contribution >= 4 is 39.8 Å². The summed E-state index contributed by atoms with van der Waals surface area (Å²) in [7, 11) is -1.92. The number of aromatic amines is 1. The van der Waals surface area contributed by atoms with Gasteiger partial charge in [-0.2, -0.15) is 17.7 Å². The number of nitrogens with one attached hydrogen (secondary N) is 1. The van der Waals surface area contributed by atoms with Crippen molar-refractivity contribution in [1.82, 2.24) is 9.55 Å². The molecule has 0 amide bonds. The van der Waals surface area contributed by atoms with Crippen LogP contribution >= 0.6 is 0 Å². The number of hydrogen-bond donors (Lipinski definition) is 1. The highest BCUT2D eigenvalue weighted by molar-refractivity contribution is 7.86. The van der Waals surface area contributed by atoms with Gasteiger partial charge in [0.1, 0.15) is 7.05 Å². The molecule has 7 nitrogen and oxygen atoms in total. The fourth-order valence-electron chi connectivity index (χ4n) is 3.46. The van der Waals surface area contributed by atoms with E-state index in [1.54, 1.807) is 0 Å². The topological polar surface area (TPSA) is 93.3 Å². The number of likely N-dealkylation sites (N-methyl/N-ethyl adjacent to an activating group) is 1. The van der Waals surface area contributed by atoms with E-state index in [0.29, 0.717) is 0 Å². The molecule has 34 heavy (non-hydrogen) atoms. The molecule has 0 atom stereocenters. The highest BCUT2D eigenvalue weighted by Crippen LogP contribution is 2.20. The van der Waals surface area contributed by atoms with Crippen LogP contribution in [0, 0.1) is 0 Å². The number of halogens is 3. The molecule has 1 N–H and O–H groups in total. The maximum absolute atomic E-state index is 10.7. The number of H-pyrrole nitrogens is 1. The van der Waals surface area contributed by atoms with Crippen LogP contribution in [0.1, 0.15) is 11.3 Å². The van der Waals surface area contributed by atoms with Crippen molar-refractivity contribution in [1.29, 1.82) is 0 Å². The summed E-state index contributed by atoms with van der Waals surface area (Å²) in [6, 6.07) is 6.39. The predicted molar refractivity (Wildman–Crippen MR) is 122 cm³/mol. The number of allylic oxidation sites excluding steroid dienone is 5. The van der Waals surface area contributed by atoms with Crippen LogP contribution < -0.4 is 10.7 Å². The molecular weight excluding hydrogens is 469 g/mol. The number of aryl methyl sites for hydroxylation is 1. The van der Waals surface area contributed by atoms with Gasteiger partial charge in [0.2, 0.25) is 11.4 Å². The Bertz CT molecular complexity index is 1580. The van der Waals surface area contributed by atoms with Crippen molar-refractivity contribution in [2.75, 3.05) is 7.05 Å². The standard InChI is InChI=1S/C22H18N4.CHF3O3S/c1-25-14-15-9-16-3-4-17(23-16)11-18-5-6-19(24-18)12-20-7-8-21(26(20)2)13-22(25)10-15;2-1(3,4)8(5,6)7/h3-14H,1-2H3;(H,5,6,7). The molecular formula is C23H19F3N4O3S. The number of fused-ring (bicyclic) bond motifs is 6. The van der Waals surface area contributed by atoms with Gasteiger partial charge in [-0.15, -0.1) is 0 Å². The largest absolute Gasteiger partial charge is 0.741 e. The lowest BCUT2D eigenvalue weighted by Crippen LogP contribution is -2.21. The molecule has 0 fully saturated rings. The second-order valence-electron chi connectivity index (χ2n) is 7.69. The van der Waals surface area contributed by atoms with Crippen LogP contribution in [0.15, 0.2) is 71.2 Å². The summed E-state index contributed by atoms with van der Waals surface area (Å²) in [5, 5.41) is 2.14. The summed E-state index contributed by atoms with van der Waals surface area (Å²) in [6.45, 7) is 0. The molecule has 176 valence electrons. The van der Waals surface area contributed by atoms with E-state index in [1.807, 2.05) is 6.08 Å². The highest BCUT2D eigenvalue weighted by atomic mass is 32.2. The number of aromatic nitrogens is 2. The predicted octanol–water partition coefficient (Wildman–Crippen LogP) is 1.92. The van der Waals surface area contributed by atoms with Crippen LogP contribution in [0.25, 0.3) is 18.2 Å². The number of rotatable bonds is 0. The molecule has 0 saturated heterocycles. The van der Waals surface area contributed by atoms with E-state index >= 15 is 0 Å². The maximum Gasteiger partial charge on any atom is 0.485 e. The molecule has 0 saturated carbocycles. The van der Waals surface area contributed by atoms with Crippen LogP contribution in [0.5, 0.6) is 0 Å². The van der Waals surface area contributed by atoms with Gasteiger partial charge in [-0.25, -0.2) is 13.4 Å². The van der Waals surface area contributed by atoms with Gasteiger partial charge < -0.3 is 14.1 Å². The van der Waals surface area contributed by atoms with Gasteiger partial charge in [-0.1, -0.05) is 0 Å². The number of alkyl halides is 3. The van der Waals surface area contributed by atoms with E-state index in [1.165, 1.54) is 11.3 Å². The van der Waals surface area contributed by atoms with Crippen LogP contribution in [-0.4, -0.2) is 51.1 Å². The van der Waals surface area contributed by atoms with Gasteiger partial charge in [0.15, 0.2) is 10.1 Å². The third-order valence-corrected chi connectivity index (χ3v) is 5.75. The fourth-order valence-corrected chi connectivity index (χ4v) is 3.46. The summed E-state index contributed by atoms with van der Waals surface area (Å²) in [5.74, 6) is 0.